The molecule has 2 nitrogen and oxygen atoms in total. The van der Waals surface area contributed by atoms with Gasteiger partial charge in [0.05, 0.1) is 5.69 Å². The van der Waals surface area contributed by atoms with E-state index in [-0.39, 0.29) is 0 Å². The lowest BCUT2D eigenvalue weighted by Gasteiger charge is -2.03. The van der Waals surface area contributed by atoms with Crippen LogP contribution >= 0.6 is 24.0 Å². The van der Waals surface area contributed by atoms with Crippen molar-refractivity contribution in [2.75, 3.05) is 5.75 Å². The number of nitrogens with two attached hydrogens (primary N) is 1. The van der Waals surface area contributed by atoms with E-state index < -0.39 is 0 Å². The Morgan fingerprint density at radius 2 is 2.00 bits per heavy atom. The van der Waals surface area contributed by atoms with Crippen LogP contribution in [0.25, 0.3) is 0 Å². The van der Waals surface area contributed by atoms with E-state index in [0.29, 0.717) is 4.99 Å². The van der Waals surface area contributed by atoms with Crippen LogP contribution < -0.4 is 5.73 Å². The molecule has 0 atom stereocenters. The van der Waals surface area contributed by atoms with E-state index in [4.69, 9.17) is 18.0 Å². The third-order valence-electron chi connectivity index (χ3n) is 2.75. The van der Waals surface area contributed by atoms with Gasteiger partial charge in [-0.1, -0.05) is 51.2 Å². The van der Waals surface area contributed by atoms with Crippen molar-refractivity contribution in [3.8, 4) is 0 Å². The number of nitrogens with zero attached hydrogens (tertiary/aromatic N) is 1. The summed E-state index contributed by atoms with van der Waals surface area (Å²) in [5.74, 6) is 1.16. The Labute approximate surface area is 120 Å². The maximum atomic E-state index is 5.57. The number of unbranched alkanes of at least 4 members (excludes halogenated alkanes) is 5. The van der Waals surface area contributed by atoms with Crippen LogP contribution in [-0.4, -0.2) is 15.7 Å². The molecule has 1 aromatic rings. The Kier molecular flexibility index (Phi) is 8.01. The van der Waals surface area contributed by atoms with Crippen LogP contribution in [0.3, 0.4) is 0 Å². The molecule has 0 aliphatic carbocycles. The van der Waals surface area contributed by atoms with Crippen LogP contribution in [0.2, 0.25) is 0 Å². The van der Waals surface area contributed by atoms with E-state index in [0.717, 1.165) is 11.4 Å². The van der Waals surface area contributed by atoms with Crippen molar-refractivity contribution in [3.05, 3.63) is 24.0 Å². The second kappa shape index (κ2) is 9.34. The van der Waals surface area contributed by atoms with Gasteiger partial charge in [-0.05, 0) is 24.3 Å². The lowest BCUT2D eigenvalue weighted by Crippen LogP contribution is -2.11. The highest BCUT2D eigenvalue weighted by molar-refractivity contribution is 7.99. The van der Waals surface area contributed by atoms with Gasteiger partial charge in [-0.2, -0.15) is 0 Å². The Morgan fingerprint density at radius 3 is 2.72 bits per heavy atom. The average molecular weight is 282 g/mol. The second-order valence-electron chi connectivity index (χ2n) is 4.36. The summed E-state index contributed by atoms with van der Waals surface area (Å²) in [5, 5.41) is 0. The zero-order valence-corrected chi connectivity index (χ0v) is 12.7. The molecule has 100 valence electrons. The average Bonchev–Trinajstić information content (AvgIpc) is 2.38. The summed E-state index contributed by atoms with van der Waals surface area (Å²) in [4.78, 5) is 5.72. The Morgan fingerprint density at radius 1 is 1.28 bits per heavy atom. The quantitative estimate of drug-likeness (QED) is 0.419. The van der Waals surface area contributed by atoms with Crippen LogP contribution in [0.5, 0.6) is 0 Å². The SMILES string of the molecule is CCCCCCCCSc1ccnc(C(N)=S)c1. The number of hydrogen-bond acceptors (Lipinski definition) is 3. The first kappa shape index (κ1) is 15.4. The van der Waals surface area contributed by atoms with Crippen molar-refractivity contribution in [2.45, 2.75) is 50.3 Å². The third kappa shape index (κ3) is 6.36. The maximum Gasteiger partial charge on any atom is 0.122 e. The minimum absolute atomic E-state index is 0.372. The van der Waals surface area contributed by atoms with Crippen molar-refractivity contribution in [1.29, 1.82) is 0 Å². The molecule has 1 heterocycles. The zero-order chi connectivity index (χ0) is 13.2. The molecule has 0 saturated carbocycles. The molecule has 0 saturated heterocycles. The van der Waals surface area contributed by atoms with Gasteiger partial charge in [0.25, 0.3) is 0 Å². The van der Waals surface area contributed by atoms with E-state index in [1.165, 1.54) is 43.4 Å². The Bertz CT molecular complexity index is 367. The standard InChI is InChI=1S/C14H22N2S2/c1-2-3-4-5-6-7-10-18-12-8-9-16-13(11-12)14(15)17/h8-9,11H,2-7,10H2,1H3,(H2,15,17). The van der Waals surface area contributed by atoms with Crippen LogP contribution in [-0.2, 0) is 0 Å². The van der Waals surface area contributed by atoms with Gasteiger partial charge in [-0.15, -0.1) is 11.8 Å². The molecule has 0 unspecified atom stereocenters. The molecule has 0 radical (unpaired) electrons. The number of aromatic nitrogens is 1. The highest BCUT2D eigenvalue weighted by Gasteiger charge is 2.00. The summed E-state index contributed by atoms with van der Waals surface area (Å²) in [5.41, 5.74) is 6.29. The van der Waals surface area contributed by atoms with Gasteiger partial charge in [0.2, 0.25) is 0 Å². The molecular weight excluding hydrogens is 260 g/mol. The first-order valence-electron chi connectivity index (χ1n) is 6.62. The van der Waals surface area contributed by atoms with Gasteiger partial charge < -0.3 is 5.73 Å². The van der Waals surface area contributed by atoms with Gasteiger partial charge in [0, 0.05) is 11.1 Å². The lowest BCUT2D eigenvalue weighted by molar-refractivity contribution is 0.627. The summed E-state index contributed by atoms with van der Waals surface area (Å²) in [6.45, 7) is 2.25. The predicted octanol–water partition coefficient (Wildman–Crippen LogP) is 4.17. The fourth-order valence-corrected chi connectivity index (χ4v) is 2.76. The summed E-state index contributed by atoms with van der Waals surface area (Å²) in [6, 6.07) is 3.99. The van der Waals surface area contributed by atoms with Crippen molar-refractivity contribution in [2.24, 2.45) is 5.73 Å². The smallest absolute Gasteiger partial charge is 0.122 e. The predicted molar refractivity (Wildman–Crippen MR) is 84.2 cm³/mol. The van der Waals surface area contributed by atoms with Crippen LogP contribution in [0.15, 0.2) is 23.2 Å². The zero-order valence-electron chi connectivity index (χ0n) is 11.0. The lowest BCUT2D eigenvalue weighted by atomic mass is 10.1. The summed E-state index contributed by atoms with van der Waals surface area (Å²) in [7, 11) is 0. The first-order valence-corrected chi connectivity index (χ1v) is 8.02. The molecule has 0 fully saturated rings. The molecule has 0 bridgehead atoms. The van der Waals surface area contributed by atoms with E-state index in [2.05, 4.69) is 11.9 Å². The monoisotopic (exact) mass is 282 g/mol. The van der Waals surface area contributed by atoms with Gasteiger partial charge in [0.1, 0.15) is 4.99 Å². The van der Waals surface area contributed by atoms with E-state index in [1.807, 2.05) is 23.9 Å². The first-order chi connectivity index (χ1) is 8.74. The van der Waals surface area contributed by atoms with Crippen molar-refractivity contribution in [3.63, 3.8) is 0 Å². The fourth-order valence-electron chi connectivity index (χ4n) is 1.71. The largest absolute Gasteiger partial charge is 0.388 e. The Balaban J connectivity index is 2.19. The molecule has 0 aliphatic heterocycles. The third-order valence-corrected chi connectivity index (χ3v) is 4.04. The number of thiocarbonyl (C=S) groups is 1. The summed E-state index contributed by atoms with van der Waals surface area (Å²) >= 11 is 6.78. The number of thioether (sulfide) groups is 1. The van der Waals surface area contributed by atoms with Gasteiger partial charge in [-0.25, -0.2) is 0 Å². The van der Waals surface area contributed by atoms with Crippen molar-refractivity contribution in [1.82, 2.24) is 4.98 Å². The summed E-state index contributed by atoms with van der Waals surface area (Å²) in [6.07, 6.45) is 9.81. The molecule has 0 aliphatic rings. The van der Waals surface area contributed by atoms with Crippen LogP contribution in [0.4, 0.5) is 0 Å². The molecule has 0 amide bonds. The number of hydrogen-bond donors (Lipinski definition) is 1. The molecule has 18 heavy (non-hydrogen) atoms. The normalized spacial score (nSPS) is 10.5. The molecule has 4 heteroatoms. The maximum absolute atomic E-state index is 5.57. The van der Waals surface area contributed by atoms with Crippen LogP contribution in [0.1, 0.15) is 51.1 Å². The topological polar surface area (TPSA) is 38.9 Å². The molecule has 2 N–H and O–H groups in total. The van der Waals surface area contributed by atoms with Crippen molar-refractivity contribution < 1.29 is 0 Å². The van der Waals surface area contributed by atoms with Gasteiger partial charge in [-0.3, -0.25) is 4.98 Å². The number of rotatable bonds is 9. The van der Waals surface area contributed by atoms with E-state index in [1.54, 1.807) is 6.20 Å². The molecule has 1 aromatic heterocycles. The van der Waals surface area contributed by atoms with Crippen molar-refractivity contribution >= 4 is 29.0 Å². The number of pyridine rings is 1. The molecule has 1 rings (SSSR count). The van der Waals surface area contributed by atoms with Gasteiger partial charge in [0.15, 0.2) is 0 Å². The fraction of sp³-hybridized carbons (Fsp3) is 0.571. The minimum Gasteiger partial charge on any atom is -0.388 e. The molecular formula is C14H22N2S2. The van der Waals surface area contributed by atoms with Gasteiger partial charge >= 0.3 is 0 Å². The second-order valence-corrected chi connectivity index (χ2v) is 5.97. The summed E-state index contributed by atoms with van der Waals surface area (Å²) < 4.78 is 0. The highest BCUT2D eigenvalue weighted by Crippen LogP contribution is 2.20. The van der Waals surface area contributed by atoms with Crippen LogP contribution in [0, 0.1) is 0 Å². The molecule has 0 spiro atoms. The molecule has 0 aromatic carbocycles. The van der Waals surface area contributed by atoms with E-state index >= 15 is 0 Å². The Hall–Kier alpha value is -0.610. The highest BCUT2D eigenvalue weighted by atomic mass is 32.2. The van der Waals surface area contributed by atoms with E-state index in [9.17, 15) is 0 Å². The minimum atomic E-state index is 0.372.